The van der Waals surface area contributed by atoms with Crippen LogP contribution in [0.1, 0.15) is 35.6 Å². The van der Waals surface area contributed by atoms with E-state index in [1.165, 1.54) is 22.6 Å². The van der Waals surface area contributed by atoms with Gasteiger partial charge < -0.3 is 4.90 Å². The summed E-state index contributed by atoms with van der Waals surface area (Å²) in [4.78, 5) is 10.9. The summed E-state index contributed by atoms with van der Waals surface area (Å²) in [6.07, 6.45) is 5.69. The number of aromatic nitrogens is 2. The van der Waals surface area contributed by atoms with Gasteiger partial charge in [0.15, 0.2) is 0 Å². The highest BCUT2D eigenvalue weighted by Gasteiger charge is 2.28. The Labute approximate surface area is 160 Å². The molecule has 1 aliphatic heterocycles. The molecule has 0 N–H and O–H groups in total. The Morgan fingerprint density at radius 3 is 2.41 bits per heavy atom. The molecule has 0 spiro atoms. The number of hydrogen-bond donors (Lipinski definition) is 0. The van der Waals surface area contributed by atoms with E-state index >= 15 is 0 Å². The number of nitrogens with zero attached hydrogens (tertiary/aromatic N) is 4. The molecule has 1 aromatic heterocycles. The summed E-state index contributed by atoms with van der Waals surface area (Å²) >= 11 is 0. The Kier molecular flexibility index (Phi) is 4.97. The average molecular weight is 385 g/mol. The van der Waals surface area contributed by atoms with Gasteiger partial charge in [-0.3, -0.25) is 0 Å². The minimum atomic E-state index is -3.42. The van der Waals surface area contributed by atoms with Gasteiger partial charge in [-0.05, 0) is 31.4 Å². The molecule has 0 bridgehead atoms. The van der Waals surface area contributed by atoms with Gasteiger partial charge in [-0.25, -0.2) is 18.4 Å². The minimum Gasteiger partial charge on any atom is -0.354 e. The van der Waals surface area contributed by atoms with E-state index in [9.17, 15) is 8.42 Å². The van der Waals surface area contributed by atoms with Crippen LogP contribution in [0.4, 0.5) is 5.82 Å². The van der Waals surface area contributed by atoms with E-state index < -0.39 is 10.0 Å². The summed E-state index contributed by atoms with van der Waals surface area (Å²) in [5, 5.41) is 1.31. The van der Waals surface area contributed by atoms with Gasteiger partial charge in [0.1, 0.15) is 12.1 Å². The van der Waals surface area contributed by atoms with Crippen molar-refractivity contribution in [2.24, 2.45) is 0 Å². The first-order chi connectivity index (χ1) is 13.0. The molecule has 0 amide bonds. The largest absolute Gasteiger partial charge is 0.354 e. The van der Waals surface area contributed by atoms with Gasteiger partial charge in [-0.1, -0.05) is 29.8 Å². The van der Waals surface area contributed by atoms with Gasteiger partial charge >= 0.3 is 0 Å². The van der Waals surface area contributed by atoms with E-state index in [0.717, 1.165) is 22.6 Å². The summed E-state index contributed by atoms with van der Waals surface area (Å²) in [5.74, 6) is 1.49. The van der Waals surface area contributed by atoms with Gasteiger partial charge in [-0.2, -0.15) is 4.31 Å². The maximum absolute atomic E-state index is 12.6. The van der Waals surface area contributed by atoms with Gasteiger partial charge in [0.2, 0.25) is 10.0 Å². The molecule has 2 heterocycles. The van der Waals surface area contributed by atoms with Gasteiger partial charge in [-0.15, -0.1) is 0 Å². The lowest BCUT2D eigenvalue weighted by molar-refractivity contribution is 0.388. The molecule has 1 aliphatic carbocycles. The van der Waals surface area contributed by atoms with Crippen molar-refractivity contribution < 1.29 is 8.42 Å². The van der Waals surface area contributed by atoms with Crippen LogP contribution in [0.25, 0.3) is 6.08 Å². The summed E-state index contributed by atoms with van der Waals surface area (Å²) in [6, 6.07) is 9.85. The molecule has 2 fully saturated rings. The molecule has 2 aliphatic rings. The van der Waals surface area contributed by atoms with Gasteiger partial charge in [0.25, 0.3) is 0 Å². The van der Waals surface area contributed by atoms with Crippen LogP contribution in [0.5, 0.6) is 0 Å². The molecule has 1 saturated heterocycles. The Bertz CT molecular complexity index is 929. The molecule has 0 radical (unpaired) electrons. The zero-order valence-corrected chi connectivity index (χ0v) is 16.3. The van der Waals surface area contributed by atoms with Crippen LogP contribution in [0.3, 0.4) is 0 Å². The maximum Gasteiger partial charge on any atom is 0.236 e. The summed E-state index contributed by atoms with van der Waals surface area (Å²) < 4.78 is 26.8. The molecule has 4 rings (SSSR count). The first-order valence-electron chi connectivity index (χ1n) is 9.33. The lowest BCUT2D eigenvalue weighted by atomic mass is 10.2. The number of aryl methyl sites for hydroxylation is 1. The van der Waals surface area contributed by atoms with E-state index in [0.29, 0.717) is 32.1 Å². The number of sulfonamides is 1. The smallest absolute Gasteiger partial charge is 0.236 e. The predicted octanol–water partition coefficient (Wildman–Crippen LogP) is 2.79. The van der Waals surface area contributed by atoms with Crippen LogP contribution >= 0.6 is 0 Å². The molecule has 0 atom stereocenters. The number of benzene rings is 1. The number of anilines is 1. The maximum atomic E-state index is 12.6. The Balaban J connectivity index is 1.39. The lowest BCUT2D eigenvalue weighted by Gasteiger charge is -2.34. The molecule has 6 nitrogen and oxygen atoms in total. The molecule has 0 unspecified atom stereocenters. The van der Waals surface area contributed by atoms with Crippen molar-refractivity contribution in [3.8, 4) is 0 Å². The van der Waals surface area contributed by atoms with Crippen molar-refractivity contribution in [2.45, 2.75) is 25.7 Å². The van der Waals surface area contributed by atoms with E-state index in [4.69, 9.17) is 0 Å². The van der Waals surface area contributed by atoms with E-state index in [-0.39, 0.29) is 0 Å². The van der Waals surface area contributed by atoms with Crippen LogP contribution in [0, 0.1) is 6.92 Å². The van der Waals surface area contributed by atoms with Crippen molar-refractivity contribution in [1.29, 1.82) is 0 Å². The minimum absolute atomic E-state index is 0.462. The average Bonchev–Trinajstić information content (AvgIpc) is 3.53. The molecular formula is C20H24N4O2S. The van der Waals surface area contributed by atoms with Crippen molar-refractivity contribution in [2.75, 3.05) is 31.1 Å². The number of piperazine rings is 1. The predicted molar refractivity (Wildman–Crippen MR) is 107 cm³/mol. The third kappa shape index (κ3) is 4.36. The third-order valence-electron chi connectivity index (χ3n) is 5.10. The zero-order chi connectivity index (χ0) is 18.9. The SMILES string of the molecule is Cc1ccc(/C=C/S(=O)(=O)N2CCN(c3cc(C4CC4)ncn3)CC2)cc1. The van der Waals surface area contributed by atoms with Crippen LogP contribution in [-0.2, 0) is 10.0 Å². The van der Waals surface area contributed by atoms with Crippen LogP contribution < -0.4 is 4.90 Å². The van der Waals surface area contributed by atoms with Crippen LogP contribution in [0.15, 0.2) is 42.1 Å². The van der Waals surface area contributed by atoms with Gasteiger partial charge in [0.05, 0.1) is 0 Å². The first kappa shape index (κ1) is 18.1. The van der Waals surface area contributed by atoms with Crippen molar-refractivity contribution in [3.05, 3.63) is 58.9 Å². The fraction of sp³-hybridized carbons (Fsp3) is 0.400. The van der Waals surface area contributed by atoms with Crippen molar-refractivity contribution >= 4 is 21.9 Å². The van der Waals surface area contributed by atoms with E-state index in [1.54, 1.807) is 12.4 Å². The molecule has 7 heteroatoms. The van der Waals surface area contributed by atoms with Gasteiger partial charge in [0, 0.05) is 49.3 Å². The number of rotatable bonds is 5. The second kappa shape index (κ2) is 7.40. The fourth-order valence-corrected chi connectivity index (χ4v) is 4.41. The topological polar surface area (TPSA) is 66.4 Å². The highest BCUT2D eigenvalue weighted by molar-refractivity contribution is 7.92. The van der Waals surface area contributed by atoms with Crippen molar-refractivity contribution in [3.63, 3.8) is 0 Å². The summed E-state index contributed by atoms with van der Waals surface area (Å²) in [5.41, 5.74) is 3.15. The Morgan fingerprint density at radius 1 is 1.04 bits per heavy atom. The zero-order valence-electron chi connectivity index (χ0n) is 15.5. The molecule has 1 saturated carbocycles. The van der Waals surface area contributed by atoms with E-state index in [1.807, 2.05) is 31.2 Å². The summed E-state index contributed by atoms with van der Waals surface area (Å²) in [6.45, 7) is 4.21. The lowest BCUT2D eigenvalue weighted by Crippen LogP contribution is -2.48. The van der Waals surface area contributed by atoms with E-state index in [2.05, 4.69) is 20.9 Å². The highest BCUT2D eigenvalue weighted by atomic mass is 32.2. The number of hydrogen-bond acceptors (Lipinski definition) is 5. The monoisotopic (exact) mass is 384 g/mol. The molecule has 142 valence electrons. The third-order valence-corrected chi connectivity index (χ3v) is 6.67. The van der Waals surface area contributed by atoms with Crippen LogP contribution in [-0.4, -0.2) is 48.9 Å². The fourth-order valence-electron chi connectivity index (χ4n) is 3.24. The second-order valence-electron chi connectivity index (χ2n) is 7.22. The standard InChI is InChI=1S/C20H24N4O2S/c1-16-2-4-17(5-3-16)8-13-27(25,26)24-11-9-23(10-12-24)20-14-19(18-6-7-18)21-15-22-20/h2-5,8,13-15,18H,6-7,9-12H2,1H3/b13-8+. The second-order valence-corrected chi connectivity index (χ2v) is 9.04. The van der Waals surface area contributed by atoms with Crippen LogP contribution in [0.2, 0.25) is 0 Å². The Morgan fingerprint density at radius 2 is 1.74 bits per heavy atom. The quantitative estimate of drug-likeness (QED) is 0.793. The summed E-state index contributed by atoms with van der Waals surface area (Å²) in [7, 11) is -3.42. The Hall–Kier alpha value is -2.25. The first-order valence-corrected chi connectivity index (χ1v) is 10.8. The van der Waals surface area contributed by atoms with Crippen molar-refractivity contribution in [1.82, 2.24) is 14.3 Å². The molecule has 2 aromatic rings. The molecular weight excluding hydrogens is 360 g/mol. The molecule has 1 aromatic carbocycles. The molecule has 27 heavy (non-hydrogen) atoms. The highest BCUT2D eigenvalue weighted by Crippen LogP contribution is 2.39. The normalized spacial score (nSPS) is 18.9.